The van der Waals surface area contributed by atoms with Gasteiger partial charge in [0.05, 0.1) is 11.7 Å². The number of likely N-dealkylation sites (N-methyl/N-ethyl adjacent to an activating group) is 7. The molecular formula is C66H117N11O14. The highest BCUT2D eigenvalue weighted by molar-refractivity contribution is 6.02. The topological polar surface area (TPSA) is 297 Å². The van der Waals surface area contributed by atoms with Crippen LogP contribution in [0.4, 0.5) is 0 Å². The van der Waals surface area contributed by atoms with Crippen molar-refractivity contribution in [2.75, 3.05) is 62.7 Å². The third kappa shape index (κ3) is 23.3. The van der Waals surface area contributed by atoms with Crippen LogP contribution in [0.3, 0.4) is 0 Å². The lowest BCUT2D eigenvalue weighted by molar-refractivity contribution is -0.157. The highest BCUT2D eigenvalue weighted by Gasteiger charge is 2.46. The minimum absolute atomic E-state index is 0.0552. The molecule has 0 bridgehead atoms. The summed E-state index contributed by atoms with van der Waals surface area (Å²) in [4.78, 5) is 170. The average Bonchev–Trinajstić information content (AvgIpc) is 1.42. The van der Waals surface area contributed by atoms with Crippen molar-refractivity contribution in [3.8, 4) is 0 Å². The summed E-state index contributed by atoms with van der Waals surface area (Å²) in [7, 11) is 9.64. The van der Waals surface area contributed by atoms with Crippen LogP contribution in [0.1, 0.15) is 163 Å². The standard InChI is InChI=1S/C66H117N11O14/c1-27-30-31-42(14)54(78)53-58(82)69-46(28-2)61(85)71(20)45(17)60(84)75(24)50(35-66(18,19)91-36-90-29-3)57(81)70-51(40(10)11)64(88)72(21)47(32-37(4)5)56(80)67-43(15)55(79)68-44(16)59(83)73(22)48(33-38(6)7)62(86)74(23)49(34-39(8)9)63(87)76(25)52(41(12)13)65(89)77(53)26/h27,30,37-44,46-54,78H,17,28-29,31-36H2,1-16,18-26H3,(H,67,80)(H,68,79)(H,69,82)(H,70,81)/b30-27+/t42-,43+,44-,46+,47+,48+,49+,50+,51+,52+,53+,54-/m1/s1. The molecule has 0 unspecified atom stereocenters. The van der Waals surface area contributed by atoms with Crippen molar-refractivity contribution < 1.29 is 67.3 Å². The number of amides is 11. The van der Waals surface area contributed by atoms with Crippen molar-refractivity contribution in [2.45, 2.75) is 235 Å². The first kappa shape index (κ1) is 82.5. The maximum absolute atomic E-state index is 15.2. The first-order valence-electron chi connectivity index (χ1n) is 32.3. The summed E-state index contributed by atoms with van der Waals surface area (Å²) < 4.78 is 11.5. The minimum Gasteiger partial charge on any atom is -0.390 e. The Morgan fingerprint density at radius 1 is 0.538 bits per heavy atom. The fourth-order valence-corrected chi connectivity index (χ4v) is 11.0. The molecule has 0 spiro atoms. The molecule has 5 N–H and O–H groups in total. The Kier molecular flexibility index (Phi) is 33.8. The molecule has 1 rings (SSSR count). The minimum atomic E-state index is -1.67. The van der Waals surface area contributed by atoms with E-state index in [1.165, 1.54) is 82.8 Å². The van der Waals surface area contributed by atoms with Crippen LogP contribution in [-0.4, -0.2) is 239 Å². The predicted octanol–water partition coefficient (Wildman–Crippen LogP) is 3.92. The highest BCUT2D eigenvalue weighted by Crippen LogP contribution is 2.27. The van der Waals surface area contributed by atoms with Gasteiger partial charge in [-0.25, -0.2) is 0 Å². The first-order valence-corrected chi connectivity index (χ1v) is 32.3. The lowest BCUT2D eigenvalue weighted by Crippen LogP contribution is -2.63. The lowest BCUT2D eigenvalue weighted by atomic mass is 9.91. The van der Waals surface area contributed by atoms with Crippen molar-refractivity contribution in [2.24, 2.45) is 35.5 Å². The van der Waals surface area contributed by atoms with E-state index in [0.717, 1.165) is 14.7 Å². The molecule has 12 atom stereocenters. The van der Waals surface area contributed by atoms with Crippen LogP contribution in [0.25, 0.3) is 0 Å². The predicted molar refractivity (Wildman–Crippen MR) is 350 cm³/mol. The number of hydrogen-bond donors (Lipinski definition) is 5. The molecule has 0 aromatic rings. The third-order valence-corrected chi connectivity index (χ3v) is 17.0. The van der Waals surface area contributed by atoms with E-state index in [2.05, 4.69) is 27.8 Å². The van der Waals surface area contributed by atoms with Gasteiger partial charge in [-0.15, -0.1) is 0 Å². The van der Waals surface area contributed by atoms with E-state index in [9.17, 15) is 43.5 Å². The van der Waals surface area contributed by atoms with Gasteiger partial charge in [-0.2, -0.15) is 0 Å². The molecule has 0 aromatic carbocycles. The molecule has 1 fully saturated rings. The van der Waals surface area contributed by atoms with Crippen molar-refractivity contribution in [1.82, 2.24) is 55.6 Å². The smallest absolute Gasteiger partial charge is 0.270 e. The summed E-state index contributed by atoms with van der Waals surface area (Å²) in [6.45, 7) is 35.2. The van der Waals surface area contributed by atoms with Crippen LogP contribution in [0, 0.1) is 35.5 Å². The van der Waals surface area contributed by atoms with E-state index in [1.807, 2.05) is 41.5 Å². The number of ether oxygens (including phenoxy) is 2. The van der Waals surface area contributed by atoms with E-state index >= 15 is 14.4 Å². The molecular weight excluding hydrogens is 1170 g/mol. The fourth-order valence-electron chi connectivity index (χ4n) is 11.0. The second-order valence-electron chi connectivity index (χ2n) is 27.2. The largest absolute Gasteiger partial charge is 0.390 e. The molecule has 0 aliphatic carbocycles. The third-order valence-electron chi connectivity index (χ3n) is 17.0. The first-order chi connectivity index (χ1) is 42.0. The van der Waals surface area contributed by atoms with Gasteiger partial charge in [0.1, 0.15) is 72.9 Å². The summed E-state index contributed by atoms with van der Waals surface area (Å²) >= 11 is 0. The van der Waals surface area contributed by atoms with E-state index < -0.39 is 161 Å². The number of hydrogen-bond acceptors (Lipinski definition) is 14. The molecule has 0 aromatic heterocycles. The van der Waals surface area contributed by atoms with Gasteiger partial charge in [0, 0.05) is 62.4 Å². The van der Waals surface area contributed by atoms with Gasteiger partial charge in [0.15, 0.2) is 0 Å². The van der Waals surface area contributed by atoms with Crippen LogP contribution in [-0.2, 0) is 62.2 Å². The number of carbonyl (C=O) groups is 11. The molecule has 1 heterocycles. The van der Waals surface area contributed by atoms with Gasteiger partial charge in [0.25, 0.3) is 5.91 Å². The Labute approximate surface area is 543 Å². The van der Waals surface area contributed by atoms with Crippen LogP contribution < -0.4 is 21.3 Å². The molecule has 91 heavy (non-hydrogen) atoms. The van der Waals surface area contributed by atoms with Crippen molar-refractivity contribution >= 4 is 65.0 Å². The zero-order valence-corrected chi connectivity index (χ0v) is 59.7. The Bertz CT molecular complexity index is 2540. The number of aliphatic hydroxyl groups excluding tert-OH is 1. The number of rotatable bonds is 19. The van der Waals surface area contributed by atoms with Gasteiger partial charge in [0.2, 0.25) is 59.1 Å². The van der Waals surface area contributed by atoms with Crippen LogP contribution in [0.5, 0.6) is 0 Å². The Hall–Kier alpha value is -6.47. The monoisotopic (exact) mass is 1290 g/mol. The maximum Gasteiger partial charge on any atom is 0.270 e. The van der Waals surface area contributed by atoms with E-state index in [4.69, 9.17) is 9.47 Å². The van der Waals surface area contributed by atoms with Crippen molar-refractivity contribution in [1.29, 1.82) is 0 Å². The van der Waals surface area contributed by atoms with Crippen molar-refractivity contribution in [3.05, 3.63) is 24.4 Å². The molecule has 25 nitrogen and oxygen atoms in total. The van der Waals surface area contributed by atoms with Crippen LogP contribution >= 0.6 is 0 Å². The summed E-state index contributed by atoms with van der Waals surface area (Å²) in [5, 5.41) is 23.1. The summed E-state index contributed by atoms with van der Waals surface area (Å²) in [5.41, 5.74) is -1.58. The SMILES string of the molecule is C=C1C(=O)N(C)[C@@H](CC(C)(C)OCOCC)C(=O)N[C@@H](C(C)C)C(=O)N(C)[C@@H](CC(C)C)C(=O)N[C@@H](C)C(=O)N[C@H](C)C(=O)N(C)[C@@H](CC(C)C)C(=O)N(C)[C@@H](CC(C)C)C(=O)N(C)[C@@H](C(C)C)C(=O)N(C)[C@@H]([C@H](O)[C@H](C)C/C=C/C)C(=O)N[C@@H](CC)C(=O)N1C. The van der Waals surface area contributed by atoms with Gasteiger partial charge < -0.3 is 70.1 Å². The van der Waals surface area contributed by atoms with Crippen LogP contribution in [0.2, 0.25) is 0 Å². The quantitative estimate of drug-likeness (QED) is 0.0531. The maximum atomic E-state index is 15.2. The van der Waals surface area contributed by atoms with Crippen molar-refractivity contribution in [3.63, 3.8) is 0 Å². The molecule has 520 valence electrons. The zero-order chi connectivity index (χ0) is 70.6. The van der Waals surface area contributed by atoms with E-state index in [1.54, 1.807) is 81.4 Å². The van der Waals surface area contributed by atoms with Gasteiger partial charge in [-0.3, -0.25) is 52.7 Å². The molecule has 11 amide bonds. The number of allylic oxidation sites excluding steroid dienone is 2. The van der Waals surface area contributed by atoms with Gasteiger partial charge in [-0.1, -0.05) is 102 Å². The van der Waals surface area contributed by atoms with Crippen LogP contribution in [0.15, 0.2) is 24.4 Å². The molecule has 25 heteroatoms. The Balaban J connectivity index is 4.47. The van der Waals surface area contributed by atoms with E-state index in [-0.39, 0.29) is 63.1 Å². The molecule has 0 radical (unpaired) electrons. The molecule has 1 aliphatic rings. The molecule has 1 aliphatic heterocycles. The van der Waals surface area contributed by atoms with Gasteiger partial charge >= 0.3 is 0 Å². The summed E-state index contributed by atoms with van der Waals surface area (Å²) in [6, 6.07) is -13.1. The number of aliphatic hydroxyl groups is 1. The molecule has 1 saturated heterocycles. The van der Waals surface area contributed by atoms with Gasteiger partial charge in [-0.05, 0) is 109 Å². The average molecular weight is 1290 g/mol. The second kappa shape index (κ2) is 37.3. The fraction of sp³-hybridized carbons (Fsp3) is 0.773. The molecule has 0 saturated carbocycles. The Morgan fingerprint density at radius 3 is 1.47 bits per heavy atom. The lowest BCUT2D eigenvalue weighted by Gasteiger charge is -2.41. The summed E-state index contributed by atoms with van der Waals surface area (Å²) in [6.07, 6.45) is 2.45. The highest BCUT2D eigenvalue weighted by atomic mass is 16.7. The zero-order valence-electron chi connectivity index (χ0n) is 59.7. The Morgan fingerprint density at radius 2 is 1.00 bits per heavy atom. The number of carbonyl (C=O) groups excluding carboxylic acids is 11. The number of nitrogens with zero attached hydrogens (tertiary/aromatic N) is 7. The van der Waals surface area contributed by atoms with E-state index in [0.29, 0.717) is 6.61 Å². The second-order valence-corrected chi connectivity index (χ2v) is 27.2. The number of nitrogens with one attached hydrogen (secondary N) is 4. The summed E-state index contributed by atoms with van der Waals surface area (Å²) in [5.74, 6) is -10.6. The normalized spacial score (nSPS) is 26.1.